The Balaban J connectivity index is 2.15. The quantitative estimate of drug-likeness (QED) is 0.457. The smallest absolute Gasteiger partial charge is 0.261 e. The molecule has 5 nitrogen and oxygen atoms in total. The van der Waals surface area contributed by atoms with Gasteiger partial charge in [0.2, 0.25) is 0 Å². The fraction of sp³-hybridized carbons (Fsp3) is 0.273. The Labute approximate surface area is 92.7 Å². The van der Waals surface area contributed by atoms with Crippen LogP contribution in [0.2, 0.25) is 0 Å². The van der Waals surface area contributed by atoms with E-state index in [0.717, 1.165) is 0 Å². The molecule has 0 aromatic heterocycles. The normalized spacial score (nSPS) is 14.4. The van der Waals surface area contributed by atoms with Crippen molar-refractivity contribution in [3.63, 3.8) is 0 Å². The van der Waals surface area contributed by atoms with Crippen LogP contribution in [0.1, 0.15) is 27.1 Å². The Bertz CT molecular complexity index is 396. The standard InChI is InChI=1S/C11H12N2O3/c12-16-7-3-6-13-10(14)8-4-1-2-5-9(8)11(13)15/h1-2,4-5H,3,6-7,12H2. The van der Waals surface area contributed by atoms with Crippen LogP contribution in [0.15, 0.2) is 24.3 Å². The van der Waals surface area contributed by atoms with Gasteiger partial charge in [0.05, 0.1) is 17.7 Å². The Kier molecular flexibility index (Phi) is 2.98. The zero-order valence-corrected chi connectivity index (χ0v) is 8.68. The molecule has 16 heavy (non-hydrogen) atoms. The number of carbonyl (C=O) groups excluding carboxylic acids is 2. The van der Waals surface area contributed by atoms with Gasteiger partial charge in [-0.1, -0.05) is 12.1 Å². The van der Waals surface area contributed by atoms with Crippen LogP contribution in [0, 0.1) is 0 Å². The second-order valence-electron chi connectivity index (χ2n) is 3.53. The lowest BCUT2D eigenvalue weighted by molar-refractivity contribution is 0.0626. The Hall–Kier alpha value is -1.72. The fourth-order valence-corrected chi connectivity index (χ4v) is 1.75. The van der Waals surface area contributed by atoms with E-state index in [1.807, 2.05) is 0 Å². The Morgan fingerprint density at radius 2 is 1.69 bits per heavy atom. The molecule has 1 aromatic rings. The van der Waals surface area contributed by atoms with Gasteiger partial charge in [0, 0.05) is 6.54 Å². The third kappa shape index (κ3) is 1.70. The summed E-state index contributed by atoms with van der Waals surface area (Å²) in [5.74, 6) is 4.40. The first-order valence-electron chi connectivity index (χ1n) is 5.02. The van der Waals surface area contributed by atoms with Crippen LogP contribution in [0.25, 0.3) is 0 Å². The number of nitrogens with two attached hydrogens (primary N) is 1. The molecule has 0 fully saturated rings. The molecular formula is C11H12N2O3. The molecule has 1 aliphatic rings. The van der Waals surface area contributed by atoms with Gasteiger partial charge < -0.3 is 4.84 Å². The molecule has 2 N–H and O–H groups in total. The van der Waals surface area contributed by atoms with Crippen molar-refractivity contribution in [2.45, 2.75) is 6.42 Å². The first-order valence-corrected chi connectivity index (χ1v) is 5.02. The fourth-order valence-electron chi connectivity index (χ4n) is 1.75. The van der Waals surface area contributed by atoms with Crippen LogP contribution < -0.4 is 5.90 Å². The topological polar surface area (TPSA) is 72.6 Å². The number of benzene rings is 1. The van der Waals surface area contributed by atoms with Gasteiger partial charge in [-0.3, -0.25) is 14.5 Å². The molecule has 2 rings (SSSR count). The van der Waals surface area contributed by atoms with Gasteiger partial charge in [-0.05, 0) is 18.6 Å². The maximum atomic E-state index is 11.8. The van der Waals surface area contributed by atoms with Crippen LogP contribution in [0.5, 0.6) is 0 Å². The van der Waals surface area contributed by atoms with E-state index in [4.69, 9.17) is 5.90 Å². The molecule has 0 saturated carbocycles. The average Bonchev–Trinajstić information content (AvgIpc) is 2.55. The first-order chi connectivity index (χ1) is 7.75. The second kappa shape index (κ2) is 4.42. The minimum Gasteiger partial charge on any atom is -0.305 e. The third-order valence-electron chi connectivity index (χ3n) is 2.52. The van der Waals surface area contributed by atoms with Gasteiger partial charge in [0.15, 0.2) is 0 Å². The molecule has 0 unspecified atom stereocenters. The predicted molar refractivity (Wildman–Crippen MR) is 56.6 cm³/mol. The molecule has 0 aliphatic carbocycles. The molecule has 2 amide bonds. The number of nitrogens with zero attached hydrogens (tertiary/aromatic N) is 1. The van der Waals surface area contributed by atoms with Crippen LogP contribution in [-0.2, 0) is 4.84 Å². The van der Waals surface area contributed by atoms with Crippen molar-refractivity contribution in [2.24, 2.45) is 5.90 Å². The van der Waals surface area contributed by atoms with E-state index in [1.54, 1.807) is 24.3 Å². The highest BCUT2D eigenvalue weighted by atomic mass is 16.6. The number of hydrogen-bond donors (Lipinski definition) is 1. The highest BCUT2D eigenvalue weighted by Gasteiger charge is 2.34. The van der Waals surface area contributed by atoms with Crippen LogP contribution >= 0.6 is 0 Å². The van der Waals surface area contributed by atoms with E-state index in [0.29, 0.717) is 30.7 Å². The van der Waals surface area contributed by atoms with Crippen LogP contribution in [0.4, 0.5) is 0 Å². The van der Waals surface area contributed by atoms with E-state index < -0.39 is 0 Å². The average molecular weight is 220 g/mol. The van der Waals surface area contributed by atoms with E-state index >= 15 is 0 Å². The predicted octanol–water partition coefficient (Wildman–Crippen LogP) is 0.563. The van der Waals surface area contributed by atoms with E-state index in [9.17, 15) is 9.59 Å². The summed E-state index contributed by atoms with van der Waals surface area (Å²) in [5.41, 5.74) is 0.947. The van der Waals surface area contributed by atoms with Crippen molar-refractivity contribution in [1.29, 1.82) is 0 Å². The third-order valence-corrected chi connectivity index (χ3v) is 2.52. The van der Waals surface area contributed by atoms with E-state index in [-0.39, 0.29) is 11.8 Å². The van der Waals surface area contributed by atoms with E-state index in [1.165, 1.54) is 4.90 Å². The lowest BCUT2D eigenvalue weighted by Crippen LogP contribution is -2.31. The molecular weight excluding hydrogens is 208 g/mol. The molecule has 1 heterocycles. The van der Waals surface area contributed by atoms with Crippen molar-refractivity contribution in [3.05, 3.63) is 35.4 Å². The highest BCUT2D eigenvalue weighted by molar-refractivity contribution is 6.21. The number of amides is 2. The summed E-state index contributed by atoms with van der Waals surface area (Å²) in [4.78, 5) is 29.3. The molecule has 1 aliphatic heterocycles. The highest BCUT2D eigenvalue weighted by Crippen LogP contribution is 2.22. The largest absolute Gasteiger partial charge is 0.305 e. The summed E-state index contributed by atoms with van der Waals surface area (Å²) in [6.07, 6.45) is 0.544. The molecule has 5 heteroatoms. The number of imide groups is 1. The van der Waals surface area contributed by atoms with Crippen LogP contribution in [-0.4, -0.2) is 29.9 Å². The van der Waals surface area contributed by atoms with Gasteiger partial charge in [-0.2, -0.15) is 0 Å². The zero-order chi connectivity index (χ0) is 11.5. The summed E-state index contributed by atoms with van der Waals surface area (Å²) in [5, 5.41) is 0. The summed E-state index contributed by atoms with van der Waals surface area (Å²) in [7, 11) is 0. The number of fused-ring (bicyclic) bond motifs is 1. The van der Waals surface area contributed by atoms with Crippen molar-refractivity contribution in [1.82, 2.24) is 4.90 Å². The zero-order valence-electron chi connectivity index (χ0n) is 8.68. The second-order valence-corrected chi connectivity index (χ2v) is 3.53. The lowest BCUT2D eigenvalue weighted by Gasteiger charge is -2.12. The first kappa shape index (κ1) is 10.8. The van der Waals surface area contributed by atoms with Crippen molar-refractivity contribution >= 4 is 11.8 Å². The Morgan fingerprint density at radius 3 is 2.19 bits per heavy atom. The molecule has 0 radical (unpaired) electrons. The van der Waals surface area contributed by atoms with Gasteiger partial charge >= 0.3 is 0 Å². The van der Waals surface area contributed by atoms with Gasteiger partial charge in [-0.15, -0.1) is 0 Å². The monoisotopic (exact) mass is 220 g/mol. The molecule has 0 spiro atoms. The lowest BCUT2D eigenvalue weighted by atomic mass is 10.1. The molecule has 1 aromatic carbocycles. The maximum absolute atomic E-state index is 11.8. The van der Waals surface area contributed by atoms with Gasteiger partial charge in [0.25, 0.3) is 11.8 Å². The van der Waals surface area contributed by atoms with Crippen molar-refractivity contribution in [3.8, 4) is 0 Å². The van der Waals surface area contributed by atoms with Crippen molar-refractivity contribution < 1.29 is 14.4 Å². The number of hydrogen-bond acceptors (Lipinski definition) is 4. The van der Waals surface area contributed by atoms with Gasteiger partial charge in [0.1, 0.15) is 0 Å². The maximum Gasteiger partial charge on any atom is 0.261 e. The minimum atomic E-state index is -0.238. The Morgan fingerprint density at radius 1 is 1.12 bits per heavy atom. The van der Waals surface area contributed by atoms with Crippen LogP contribution in [0.3, 0.4) is 0 Å². The van der Waals surface area contributed by atoms with Gasteiger partial charge in [-0.25, -0.2) is 5.90 Å². The molecule has 0 bridgehead atoms. The molecule has 0 atom stereocenters. The number of carbonyl (C=O) groups is 2. The van der Waals surface area contributed by atoms with E-state index in [2.05, 4.69) is 4.84 Å². The summed E-state index contributed by atoms with van der Waals surface area (Å²) >= 11 is 0. The van der Waals surface area contributed by atoms with Crippen molar-refractivity contribution in [2.75, 3.05) is 13.2 Å². The summed E-state index contributed by atoms with van der Waals surface area (Å²) in [6, 6.07) is 6.82. The number of rotatable bonds is 4. The summed E-state index contributed by atoms with van der Waals surface area (Å²) in [6.45, 7) is 0.664. The SMILES string of the molecule is NOCCCN1C(=O)c2ccccc2C1=O. The molecule has 0 saturated heterocycles. The summed E-state index contributed by atoms with van der Waals surface area (Å²) < 4.78 is 0. The minimum absolute atomic E-state index is 0.238. The molecule has 84 valence electrons.